The lowest BCUT2D eigenvalue weighted by molar-refractivity contribution is -0.119. The molecular formula is C17H16ClNO5S. The van der Waals surface area contributed by atoms with Crippen molar-refractivity contribution in [2.75, 3.05) is 17.7 Å². The predicted octanol–water partition coefficient (Wildman–Crippen LogP) is 2.93. The molecule has 2 aromatic rings. The molecule has 25 heavy (non-hydrogen) atoms. The summed E-state index contributed by atoms with van der Waals surface area (Å²) in [6.07, 6.45) is 0. The van der Waals surface area contributed by atoms with Crippen LogP contribution in [0.4, 0.5) is 5.69 Å². The fraction of sp³-hybridized carbons (Fsp3) is 0.176. The number of nitrogens with one attached hydrogen (secondary N) is 1. The second-order valence-corrected chi connectivity index (χ2v) is 7.66. The van der Waals surface area contributed by atoms with Crippen LogP contribution in [-0.2, 0) is 19.4 Å². The van der Waals surface area contributed by atoms with E-state index < -0.39 is 28.3 Å². The number of rotatable bonds is 6. The number of anilines is 1. The van der Waals surface area contributed by atoms with Gasteiger partial charge in [0.1, 0.15) is 0 Å². The summed E-state index contributed by atoms with van der Waals surface area (Å²) in [6, 6.07) is 12.3. The van der Waals surface area contributed by atoms with Gasteiger partial charge in [0, 0.05) is 0 Å². The molecule has 8 heteroatoms. The Kier molecular flexibility index (Phi) is 6.17. The summed E-state index contributed by atoms with van der Waals surface area (Å²) < 4.78 is 29.0. The van der Waals surface area contributed by atoms with E-state index in [-0.39, 0.29) is 16.2 Å². The van der Waals surface area contributed by atoms with Crippen molar-refractivity contribution >= 4 is 39.0 Å². The Balaban J connectivity index is 2.06. The van der Waals surface area contributed by atoms with E-state index >= 15 is 0 Å². The zero-order valence-corrected chi connectivity index (χ0v) is 14.9. The molecule has 132 valence electrons. The monoisotopic (exact) mass is 381 g/mol. The van der Waals surface area contributed by atoms with Crippen molar-refractivity contribution in [1.29, 1.82) is 0 Å². The molecule has 0 aromatic heterocycles. The van der Waals surface area contributed by atoms with Crippen LogP contribution in [0, 0.1) is 0 Å². The van der Waals surface area contributed by atoms with Crippen LogP contribution in [0.2, 0.25) is 5.02 Å². The van der Waals surface area contributed by atoms with Gasteiger partial charge in [0.25, 0.3) is 5.91 Å². The van der Waals surface area contributed by atoms with Crippen molar-refractivity contribution in [3.05, 3.63) is 59.1 Å². The summed E-state index contributed by atoms with van der Waals surface area (Å²) in [4.78, 5) is 23.9. The highest BCUT2D eigenvalue weighted by atomic mass is 35.5. The van der Waals surface area contributed by atoms with E-state index in [0.717, 1.165) is 0 Å². The topological polar surface area (TPSA) is 89.5 Å². The quantitative estimate of drug-likeness (QED) is 0.777. The van der Waals surface area contributed by atoms with Gasteiger partial charge in [-0.15, -0.1) is 0 Å². The number of sulfone groups is 1. The highest BCUT2D eigenvalue weighted by Crippen LogP contribution is 2.20. The van der Waals surface area contributed by atoms with Gasteiger partial charge in [-0.3, -0.25) is 4.79 Å². The fourth-order valence-corrected chi connectivity index (χ4v) is 3.29. The van der Waals surface area contributed by atoms with Crippen LogP contribution in [-0.4, -0.2) is 32.7 Å². The molecule has 0 aliphatic heterocycles. The molecule has 0 unspecified atom stereocenters. The molecule has 0 saturated heterocycles. The van der Waals surface area contributed by atoms with Crippen LogP contribution in [0.25, 0.3) is 0 Å². The maximum absolute atomic E-state index is 12.2. The molecule has 1 amide bonds. The zero-order chi connectivity index (χ0) is 18.4. The molecule has 0 saturated carbocycles. The van der Waals surface area contributed by atoms with Crippen LogP contribution in [0.3, 0.4) is 0 Å². The molecule has 0 radical (unpaired) electrons. The lowest BCUT2D eigenvalue weighted by atomic mass is 10.2. The normalized spacial score (nSPS) is 11.0. The molecule has 0 fully saturated rings. The first-order valence-corrected chi connectivity index (χ1v) is 9.41. The van der Waals surface area contributed by atoms with Crippen molar-refractivity contribution in [3.63, 3.8) is 0 Å². The van der Waals surface area contributed by atoms with E-state index in [1.807, 2.05) is 0 Å². The third-order valence-corrected chi connectivity index (χ3v) is 5.42. The van der Waals surface area contributed by atoms with Gasteiger partial charge in [0.2, 0.25) is 0 Å². The first-order chi connectivity index (χ1) is 11.8. The minimum atomic E-state index is -3.59. The third kappa shape index (κ3) is 4.80. The summed E-state index contributed by atoms with van der Waals surface area (Å²) >= 11 is 5.92. The Morgan fingerprint density at radius 3 is 2.40 bits per heavy atom. The number of esters is 1. The maximum Gasteiger partial charge on any atom is 0.339 e. The number of halogens is 1. The number of para-hydroxylation sites is 1. The lowest BCUT2D eigenvalue weighted by Gasteiger charge is -2.10. The van der Waals surface area contributed by atoms with Crippen LogP contribution in [0.5, 0.6) is 0 Å². The number of hydrogen-bond acceptors (Lipinski definition) is 5. The van der Waals surface area contributed by atoms with Crippen LogP contribution in [0.1, 0.15) is 17.3 Å². The Bertz CT molecular complexity index is 895. The Morgan fingerprint density at radius 1 is 1.08 bits per heavy atom. The van der Waals surface area contributed by atoms with Crippen LogP contribution >= 0.6 is 11.6 Å². The second-order valence-electron chi connectivity index (χ2n) is 5.00. The van der Waals surface area contributed by atoms with E-state index in [9.17, 15) is 18.0 Å². The van der Waals surface area contributed by atoms with Crippen LogP contribution < -0.4 is 5.32 Å². The third-order valence-electron chi connectivity index (χ3n) is 3.30. The Hall–Kier alpha value is -2.38. The van der Waals surface area contributed by atoms with Gasteiger partial charge < -0.3 is 10.1 Å². The molecule has 0 spiro atoms. The van der Waals surface area contributed by atoms with Crippen molar-refractivity contribution in [1.82, 2.24) is 0 Å². The van der Waals surface area contributed by atoms with E-state index in [4.69, 9.17) is 16.3 Å². The van der Waals surface area contributed by atoms with E-state index in [1.54, 1.807) is 24.3 Å². The van der Waals surface area contributed by atoms with E-state index in [0.29, 0.717) is 10.7 Å². The van der Waals surface area contributed by atoms with Crippen molar-refractivity contribution in [3.8, 4) is 0 Å². The first kappa shape index (κ1) is 19.0. The number of carbonyl (C=O) groups excluding carboxylic acids is 2. The fourth-order valence-electron chi connectivity index (χ4n) is 2.02. The molecule has 1 N–H and O–H groups in total. The number of hydrogen-bond donors (Lipinski definition) is 1. The highest BCUT2D eigenvalue weighted by Gasteiger charge is 2.22. The summed E-state index contributed by atoms with van der Waals surface area (Å²) in [5.41, 5.74) is 0.286. The summed E-state index contributed by atoms with van der Waals surface area (Å²) in [6.45, 7) is 0.916. The van der Waals surface area contributed by atoms with Crippen molar-refractivity contribution < 1.29 is 22.7 Å². The van der Waals surface area contributed by atoms with Gasteiger partial charge in [-0.2, -0.15) is 0 Å². The SMILES string of the molecule is CCS(=O)(=O)c1ccccc1C(=O)OCC(=O)Nc1ccccc1Cl. The largest absolute Gasteiger partial charge is 0.452 e. The van der Waals surface area contributed by atoms with Gasteiger partial charge in [-0.1, -0.05) is 42.8 Å². The molecule has 2 rings (SSSR count). The van der Waals surface area contributed by atoms with Crippen LogP contribution in [0.15, 0.2) is 53.4 Å². The van der Waals surface area contributed by atoms with E-state index in [1.165, 1.54) is 31.2 Å². The molecule has 0 aliphatic rings. The molecule has 0 aliphatic carbocycles. The summed E-state index contributed by atoms with van der Waals surface area (Å²) in [7, 11) is -3.59. The summed E-state index contributed by atoms with van der Waals surface area (Å²) in [5, 5.41) is 2.86. The van der Waals surface area contributed by atoms with Gasteiger partial charge in [-0.25, -0.2) is 13.2 Å². The van der Waals surface area contributed by atoms with Gasteiger partial charge in [0.15, 0.2) is 16.4 Å². The average Bonchev–Trinajstić information content (AvgIpc) is 2.61. The van der Waals surface area contributed by atoms with E-state index in [2.05, 4.69) is 5.32 Å². The van der Waals surface area contributed by atoms with Gasteiger partial charge in [-0.05, 0) is 24.3 Å². The smallest absolute Gasteiger partial charge is 0.339 e. The number of benzene rings is 2. The van der Waals surface area contributed by atoms with Crippen molar-refractivity contribution in [2.24, 2.45) is 0 Å². The molecule has 0 atom stereocenters. The number of carbonyl (C=O) groups is 2. The van der Waals surface area contributed by atoms with Gasteiger partial charge >= 0.3 is 5.97 Å². The molecule has 0 heterocycles. The lowest BCUT2D eigenvalue weighted by Crippen LogP contribution is -2.22. The highest BCUT2D eigenvalue weighted by molar-refractivity contribution is 7.91. The predicted molar refractivity (Wildman–Crippen MR) is 94.5 cm³/mol. The number of amides is 1. The minimum Gasteiger partial charge on any atom is -0.452 e. The molecule has 0 bridgehead atoms. The van der Waals surface area contributed by atoms with Gasteiger partial charge in [0.05, 0.1) is 26.9 Å². The molecule has 2 aromatic carbocycles. The standard InChI is InChI=1S/C17H16ClNO5S/c1-2-25(22,23)15-10-6-3-7-12(15)17(21)24-11-16(20)19-14-9-5-4-8-13(14)18/h3-10H,2,11H2,1H3,(H,19,20). The number of ether oxygens (including phenoxy) is 1. The summed E-state index contributed by atoms with van der Waals surface area (Å²) in [5.74, 6) is -1.62. The zero-order valence-electron chi connectivity index (χ0n) is 13.4. The molecular weight excluding hydrogens is 366 g/mol. The Labute approximate surface area is 150 Å². The average molecular weight is 382 g/mol. The van der Waals surface area contributed by atoms with Crippen molar-refractivity contribution in [2.45, 2.75) is 11.8 Å². The minimum absolute atomic E-state index is 0.102. The first-order valence-electron chi connectivity index (χ1n) is 7.38. The molecule has 6 nitrogen and oxygen atoms in total. The Morgan fingerprint density at radius 2 is 1.72 bits per heavy atom. The maximum atomic E-state index is 12.2. The second kappa shape index (κ2) is 8.13.